The first-order valence-corrected chi connectivity index (χ1v) is 8.07. The second-order valence-corrected chi connectivity index (χ2v) is 6.81. The van der Waals surface area contributed by atoms with Crippen molar-refractivity contribution < 1.29 is 26.0 Å². The maximum Gasteiger partial charge on any atom is 0.409 e. The Morgan fingerprint density at radius 2 is 1.87 bits per heavy atom. The van der Waals surface area contributed by atoms with Crippen molar-refractivity contribution in [3.63, 3.8) is 0 Å². The predicted octanol–water partition coefficient (Wildman–Crippen LogP) is 2.52. The molecule has 2 rings (SSSR count). The molecule has 0 radical (unpaired) electrons. The van der Waals surface area contributed by atoms with Crippen LogP contribution in [0.5, 0.6) is 0 Å². The van der Waals surface area contributed by atoms with E-state index in [9.17, 15) is 21.6 Å². The lowest BCUT2D eigenvalue weighted by molar-refractivity contribution is -0.153. The molecule has 0 aliphatic carbocycles. The normalized spacial score (nSPS) is 14.2. The smallest absolute Gasteiger partial charge is 0.409 e. The van der Waals surface area contributed by atoms with Crippen LogP contribution in [0.15, 0.2) is 21.6 Å². The zero-order chi connectivity index (χ0) is 17.6. The third-order valence-electron chi connectivity index (χ3n) is 3.43. The molecule has 0 fully saturated rings. The molecule has 0 aliphatic rings. The molecule has 2 aromatic rings. The SMILES string of the molecule is Cc1ccc(S(=O)(=O)NC(c2c(C)nn(C)c2C)C(F)(F)F)o1. The van der Waals surface area contributed by atoms with E-state index in [-0.39, 0.29) is 22.7 Å². The second kappa shape index (κ2) is 5.68. The summed E-state index contributed by atoms with van der Waals surface area (Å²) in [6.45, 7) is 4.33. The van der Waals surface area contributed by atoms with Crippen LogP contribution < -0.4 is 4.72 Å². The molecule has 0 aromatic carbocycles. The molecular weight excluding hydrogens is 335 g/mol. The summed E-state index contributed by atoms with van der Waals surface area (Å²) in [7, 11) is -2.98. The topological polar surface area (TPSA) is 77.1 Å². The molecule has 2 aromatic heterocycles. The number of hydrogen-bond donors (Lipinski definition) is 1. The number of nitrogens with zero attached hydrogens (tertiary/aromatic N) is 2. The van der Waals surface area contributed by atoms with Gasteiger partial charge in [-0.1, -0.05) is 0 Å². The fraction of sp³-hybridized carbons (Fsp3) is 0.462. The lowest BCUT2D eigenvalue weighted by Crippen LogP contribution is -2.38. The number of halogens is 3. The minimum Gasteiger partial charge on any atom is -0.449 e. The molecule has 1 N–H and O–H groups in total. The lowest BCUT2D eigenvalue weighted by Gasteiger charge is -2.21. The number of nitrogens with one attached hydrogen (secondary N) is 1. The van der Waals surface area contributed by atoms with Crippen molar-refractivity contribution in [1.82, 2.24) is 14.5 Å². The second-order valence-electron chi connectivity index (χ2n) is 5.17. The number of furan rings is 1. The minimum atomic E-state index is -4.83. The summed E-state index contributed by atoms with van der Waals surface area (Å²) >= 11 is 0. The van der Waals surface area contributed by atoms with E-state index < -0.39 is 27.3 Å². The van der Waals surface area contributed by atoms with E-state index in [4.69, 9.17) is 4.42 Å². The van der Waals surface area contributed by atoms with Crippen LogP contribution in [-0.4, -0.2) is 24.4 Å². The number of alkyl halides is 3. The zero-order valence-corrected chi connectivity index (χ0v) is 13.7. The summed E-state index contributed by atoms with van der Waals surface area (Å²) in [6.07, 6.45) is -4.83. The minimum absolute atomic E-state index is 0.102. The standard InChI is InChI=1S/C13H16F3N3O3S/c1-7-5-6-10(22-7)23(20,21)18-12(13(14,15)16)11-8(2)17-19(4)9(11)3/h5-6,12,18H,1-4H3. The van der Waals surface area contributed by atoms with Gasteiger partial charge in [0, 0.05) is 18.3 Å². The van der Waals surface area contributed by atoms with Crippen molar-refractivity contribution in [2.45, 2.75) is 38.1 Å². The summed E-state index contributed by atoms with van der Waals surface area (Å²) in [5.74, 6) is 0.280. The molecule has 1 unspecified atom stereocenters. The van der Waals surface area contributed by atoms with Gasteiger partial charge in [0.1, 0.15) is 11.8 Å². The van der Waals surface area contributed by atoms with Gasteiger partial charge in [0.15, 0.2) is 0 Å². The van der Waals surface area contributed by atoms with Crippen LogP contribution in [0.2, 0.25) is 0 Å². The van der Waals surface area contributed by atoms with Gasteiger partial charge in [-0.3, -0.25) is 4.68 Å². The van der Waals surface area contributed by atoms with Crippen LogP contribution >= 0.6 is 0 Å². The number of rotatable bonds is 4. The molecule has 0 aliphatic heterocycles. The lowest BCUT2D eigenvalue weighted by atomic mass is 10.1. The molecule has 0 amide bonds. The van der Waals surface area contributed by atoms with Gasteiger partial charge in [0.25, 0.3) is 10.0 Å². The number of sulfonamides is 1. The van der Waals surface area contributed by atoms with Gasteiger partial charge in [0.2, 0.25) is 5.09 Å². The van der Waals surface area contributed by atoms with E-state index in [0.29, 0.717) is 0 Å². The Labute approximate surface area is 131 Å². The van der Waals surface area contributed by atoms with Gasteiger partial charge in [-0.15, -0.1) is 0 Å². The van der Waals surface area contributed by atoms with Gasteiger partial charge >= 0.3 is 6.18 Å². The highest BCUT2D eigenvalue weighted by atomic mass is 32.2. The number of aryl methyl sites for hydroxylation is 3. The molecular formula is C13H16F3N3O3S. The van der Waals surface area contributed by atoms with Crippen molar-refractivity contribution in [2.24, 2.45) is 7.05 Å². The van der Waals surface area contributed by atoms with E-state index in [1.54, 1.807) is 4.72 Å². The third kappa shape index (κ3) is 3.42. The van der Waals surface area contributed by atoms with E-state index in [1.165, 1.54) is 38.6 Å². The highest BCUT2D eigenvalue weighted by Gasteiger charge is 2.46. The van der Waals surface area contributed by atoms with Gasteiger partial charge in [-0.25, -0.2) is 8.42 Å². The number of hydrogen-bond acceptors (Lipinski definition) is 4. The Bertz CT molecular complexity index is 821. The molecule has 0 bridgehead atoms. The molecule has 0 saturated carbocycles. The Morgan fingerprint density at radius 3 is 2.26 bits per heavy atom. The Morgan fingerprint density at radius 1 is 1.26 bits per heavy atom. The van der Waals surface area contributed by atoms with Gasteiger partial charge in [-0.05, 0) is 32.9 Å². The molecule has 1 atom stereocenters. The first kappa shape index (κ1) is 17.5. The van der Waals surface area contributed by atoms with Gasteiger partial charge in [-0.2, -0.15) is 23.0 Å². The van der Waals surface area contributed by atoms with Crippen LogP contribution in [0.4, 0.5) is 13.2 Å². The first-order chi connectivity index (χ1) is 10.4. The highest BCUT2D eigenvalue weighted by molar-refractivity contribution is 7.89. The van der Waals surface area contributed by atoms with Crippen molar-refractivity contribution in [3.8, 4) is 0 Å². The quantitative estimate of drug-likeness (QED) is 0.918. The van der Waals surface area contributed by atoms with Crippen molar-refractivity contribution in [3.05, 3.63) is 34.8 Å². The maximum atomic E-state index is 13.4. The van der Waals surface area contributed by atoms with E-state index in [2.05, 4.69) is 5.10 Å². The van der Waals surface area contributed by atoms with Crippen LogP contribution in [0.3, 0.4) is 0 Å². The van der Waals surface area contributed by atoms with E-state index in [1.807, 2.05) is 0 Å². The first-order valence-electron chi connectivity index (χ1n) is 6.59. The monoisotopic (exact) mass is 351 g/mol. The Kier molecular flexibility index (Phi) is 4.33. The highest BCUT2D eigenvalue weighted by Crippen LogP contribution is 2.37. The average Bonchev–Trinajstić information content (AvgIpc) is 2.92. The third-order valence-corrected chi connectivity index (χ3v) is 4.73. The van der Waals surface area contributed by atoms with E-state index in [0.717, 1.165) is 6.07 Å². The largest absolute Gasteiger partial charge is 0.449 e. The summed E-state index contributed by atoms with van der Waals surface area (Å²) in [5, 5.41) is 3.34. The van der Waals surface area contributed by atoms with Crippen LogP contribution in [0, 0.1) is 20.8 Å². The molecule has 6 nitrogen and oxygen atoms in total. The zero-order valence-electron chi connectivity index (χ0n) is 12.9. The van der Waals surface area contributed by atoms with Crippen LogP contribution in [0.1, 0.15) is 28.8 Å². The van der Waals surface area contributed by atoms with E-state index >= 15 is 0 Å². The predicted molar refractivity (Wildman–Crippen MR) is 75.2 cm³/mol. The van der Waals surface area contributed by atoms with Gasteiger partial charge in [0.05, 0.1) is 5.69 Å². The summed E-state index contributed by atoms with van der Waals surface area (Å²) in [6, 6.07) is 0.0535. The molecule has 0 spiro atoms. The maximum absolute atomic E-state index is 13.4. The average molecular weight is 351 g/mol. The Balaban J connectivity index is 2.49. The Hall–Kier alpha value is -1.81. The molecule has 10 heteroatoms. The molecule has 0 saturated heterocycles. The fourth-order valence-electron chi connectivity index (χ4n) is 2.27. The van der Waals surface area contributed by atoms with Crippen LogP contribution in [-0.2, 0) is 17.1 Å². The fourth-order valence-corrected chi connectivity index (χ4v) is 3.43. The van der Waals surface area contributed by atoms with Crippen LogP contribution in [0.25, 0.3) is 0 Å². The summed E-state index contributed by atoms with van der Waals surface area (Å²) in [4.78, 5) is 0. The van der Waals surface area contributed by atoms with Crippen molar-refractivity contribution in [1.29, 1.82) is 0 Å². The number of aromatic nitrogens is 2. The molecule has 23 heavy (non-hydrogen) atoms. The summed E-state index contributed by atoms with van der Waals surface area (Å²) in [5.41, 5.74) is 0.112. The van der Waals surface area contributed by atoms with Crippen molar-refractivity contribution in [2.75, 3.05) is 0 Å². The van der Waals surface area contributed by atoms with Crippen molar-refractivity contribution >= 4 is 10.0 Å². The molecule has 128 valence electrons. The molecule has 2 heterocycles. The van der Waals surface area contributed by atoms with Gasteiger partial charge < -0.3 is 4.42 Å². The summed E-state index contributed by atoms with van der Waals surface area (Å²) < 4.78 is 72.5.